The van der Waals surface area contributed by atoms with Crippen molar-refractivity contribution in [1.29, 1.82) is 0 Å². The van der Waals surface area contributed by atoms with Gasteiger partial charge in [-0.1, -0.05) is 12.1 Å². The molecule has 1 saturated heterocycles. The second kappa shape index (κ2) is 7.51. The highest BCUT2D eigenvalue weighted by Crippen LogP contribution is 2.37. The SMILES string of the molecule is OC(CCCC1CCCO1)c1ccc(SC(F)(F)F)cc1. The van der Waals surface area contributed by atoms with Gasteiger partial charge in [0, 0.05) is 11.5 Å². The molecule has 6 heteroatoms. The number of hydrogen-bond donors (Lipinski definition) is 1. The summed E-state index contributed by atoms with van der Waals surface area (Å²) in [5, 5.41) is 10.0. The first-order valence-corrected chi connectivity index (χ1v) is 7.91. The number of halogens is 3. The van der Waals surface area contributed by atoms with Crippen molar-refractivity contribution in [2.45, 2.75) is 54.7 Å². The van der Waals surface area contributed by atoms with Crippen LogP contribution in [0.4, 0.5) is 13.2 Å². The summed E-state index contributed by atoms with van der Waals surface area (Å²) in [6, 6.07) is 5.92. The zero-order chi connectivity index (χ0) is 15.3. The molecular formula is C15H19F3O2S. The maximum Gasteiger partial charge on any atom is 0.446 e. The average Bonchev–Trinajstić information content (AvgIpc) is 2.91. The molecule has 0 aromatic heterocycles. The monoisotopic (exact) mass is 320 g/mol. The fourth-order valence-corrected chi connectivity index (χ4v) is 3.01. The summed E-state index contributed by atoms with van der Waals surface area (Å²) in [5.41, 5.74) is -3.62. The second-order valence-electron chi connectivity index (χ2n) is 5.20. The Morgan fingerprint density at radius 1 is 1.29 bits per heavy atom. The van der Waals surface area contributed by atoms with Gasteiger partial charge in [0.25, 0.3) is 0 Å². The zero-order valence-corrected chi connectivity index (χ0v) is 12.4. The Balaban J connectivity index is 1.77. The van der Waals surface area contributed by atoms with Crippen LogP contribution in [0.15, 0.2) is 29.2 Å². The van der Waals surface area contributed by atoms with Crippen molar-refractivity contribution in [1.82, 2.24) is 0 Å². The van der Waals surface area contributed by atoms with Crippen molar-refractivity contribution < 1.29 is 23.0 Å². The quantitative estimate of drug-likeness (QED) is 0.772. The largest absolute Gasteiger partial charge is 0.446 e. The van der Waals surface area contributed by atoms with Crippen LogP contribution in [0.3, 0.4) is 0 Å². The van der Waals surface area contributed by atoms with Gasteiger partial charge in [-0.05, 0) is 61.6 Å². The van der Waals surface area contributed by atoms with Gasteiger partial charge in [-0.2, -0.15) is 13.2 Å². The zero-order valence-electron chi connectivity index (χ0n) is 11.6. The summed E-state index contributed by atoms with van der Waals surface area (Å²) < 4.78 is 42.2. The summed E-state index contributed by atoms with van der Waals surface area (Å²) in [6.07, 6.45) is 4.25. The van der Waals surface area contributed by atoms with Crippen molar-refractivity contribution in [3.8, 4) is 0 Å². The third-order valence-electron chi connectivity index (χ3n) is 3.53. The molecule has 0 radical (unpaired) electrons. The fourth-order valence-electron chi connectivity index (χ4n) is 2.47. The lowest BCUT2D eigenvalue weighted by Gasteiger charge is -2.14. The topological polar surface area (TPSA) is 29.5 Å². The van der Waals surface area contributed by atoms with Crippen molar-refractivity contribution >= 4 is 11.8 Å². The van der Waals surface area contributed by atoms with Gasteiger partial charge < -0.3 is 9.84 Å². The molecule has 0 spiro atoms. The van der Waals surface area contributed by atoms with E-state index in [1.54, 1.807) is 12.1 Å². The standard InChI is InChI=1S/C15H19F3O2S/c16-15(17,18)21-13-8-6-11(7-9-13)14(19)5-1-3-12-4-2-10-20-12/h6-9,12,14,19H,1-5,10H2. The summed E-state index contributed by atoms with van der Waals surface area (Å²) >= 11 is -0.142. The average molecular weight is 320 g/mol. The highest BCUT2D eigenvalue weighted by molar-refractivity contribution is 8.00. The molecule has 1 heterocycles. The molecule has 1 aliphatic heterocycles. The van der Waals surface area contributed by atoms with E-state index >= 15 is 0 Å². The molecule has 0 amide bonds. The van der Waals surface area contributed by atoms with Gasteiger partial charge in [0.05, 0.1) is 12.2 Å². The van der Waals surface area contributed by atoms with E-state index in [4.69, 9.17) is 4.74 Å². The number of benzene rings is 1. The third kappa shape index (κ3) is 5.88. The first-order chi connectivity index (χ1) is 9.94. The van der Waals surface area contributed by atoms with Crippen molar-refractivity contribution in [2.24, 2.45) is 0 Å². The van der Waals surface area contributed by atoms with Crippen molar-refractivity contribution in [3.05, 3.63) is 29.8 Å². The summed E-state index contributed by atoms with van der Waals surface area (Å²) in [6.45, 7) is 0.825. The molecule has 1 aromatic rings. The van der Waals surface area contributed by atoms with Gasteiger partial charge in [-0.25, -0.2) is 0 Å². The van der Waals surface area contributed by atoms with E-state index in [1.165, 1.54) is 12.1 Å². The lowest BCUT2D eigenvalue weighted by molar-refractivity contribution is -0.0328. The summed E-state index contributed by atoms with van der Waals surface area (Å²) in [5.74, 6) is 0. The maximum absolute atomic E-state index is 12.2. The van der Waals surface area contributed by atoms with Crippen LogP contribution in [0, 0.1) is 0 Å². The predicted molar refractivity (Wildman–Crippen MR) is 76.1 cm³/mol. The Morgan fingerprint density at radius 2 is 2.00 bits per heavy atom. The van der Waals surface area contributed by atoms with Crippen LogP contribution in [-0.4, -0.2) is 23.3 Å². The van der Waals surface area contributed by atoms with Gasteiger partial charge >= 0.3 is 5.51 Å². The molecule has 1 aliphatic rings. The highest BCUT2D eigenvalue weighted by atomic mass is 32.2. The first kappa shape index (κ1) is 16.6. The fraction of sp³-hybridized carbons (Fsp3) is 0.600. The van der Waals surface area contributed by atoms with Crippen LogP contribution in [-0.2, 0) is 4.74 Å². The number of aliphatic hydroxyl groups excluding tert-OH is 1. The molecule has 1 aromatic carbocycles. The maximum atomic E-state index is 12.2. The van der Waals surface area contributed by atoms with Gasteiger partial charge in [-0.15, -0.1) is 0 Å². The Kier molecular flexibility index (Phi) is 5.96. The Morgan fingerprint density at radius 3 is 2.57 bits per heavy atom. The van der Waals surface area contributed by atoms with Crippen LogP contribution in [0.2, 0.25) is 0 Å². The Bertz CT molecular complexity index is 428. The molecule has 2 nitrogen and oxygen atoms in total. The van der Waals surface area contributed by atoms with E-state index in [1.807, 2.05) is 0 Å². The highest BCUT2D eigenvalue weighted by Gasteiger charge is 2.29. The third-order valence-corrected chi connectivity index (χ3v) is 4.27. The molecule has 1 N–H and O–H groups in total. The second-order valence-corrected chi connectivity index (χ2v) is 6.34. The molecule has 21 heavy (non-hydrogen) atoms. The van der Waals surface area contributed by atoms with E-state index in [-0.39, 0.29) is 16.7 Å². The van der Waals surface area contributed by atoms with Crippen molar-refractivity contribution in [2.75, 3.05) is 6.61 Å². The molecule has 2 rings (SSSR count). The number of rotatable bonds is 6. The summed E-state index contributed by atoms with van der Waals surface area (Å²) in [7, 11) is 0. The number of thioether (sulfide) groups is 1. The molecule has 0 aliphatic carbocycles. The normalized spacial score (nSPS) is 20.7. The minimum Gasteiger partial charge on any atom is -0.388 e. The van der Waals surface area contributed by atoms with Gasteiger partial charge in [0.15, 0.2) is 0 Å². The number of hydrogen-bond acceptors (Lipinski definition) is 3. The minimum atomic E-state index is -4.28. The van der Waals surface area contributed by atoms with Crippen molar-refractivity contribution in [3.63, 3.8) is 0 Å². The number of ether oxygens (including phenoxy) is 1. The van der Waals surface area contributed by atoms with E-state index in [2.05, 4.69) is 0 Å². The van der Waals surface area contributed by atoms with Crippen LogP contribution >= 0.6 is 11.8 Å². The van der Waals surface area contributed by atoms with Crippen LogP contribution in [0.5, 0.6) is 0 Å². The van der Waals surface area contributed by atoms with E-state index in [0.29, 0.717) is 18.1 Å². The number of alkyl halides is 3. The molecule has 118 valence electrons. The molecule has 0 saturated carbocycles. The van der Waals surface area contributed by atoms with Gasteiger partial charge in [0.1, 0.15) is 0 Å². The molecule has 2 atom stereocenters. The van der Waals surface area contributed by atoms with E-state index in [9.17, 15) is 18.3 Å². The Labute approximate surface area is 126 Å². The molecule has 0 bridgehead atoms. The lowest BCUT2D eigenvalue weighted by Crippen LogP contribution is -2.06. The van der Waals surface area contributed by atoms with E-state index in [0.717, 1.165) is 32.3 Å². The number of aliphatic hydroxyl groups is 1. The molecular weight excluding hydrogens is 301 g/mol. The van der Waals surface area contributed by atoms with Gasteiger partial charge in [0.2, 0.25) is 0 Å². The van der Waals surface area contributed by atoms with Crippen LogP contribution in [0.1, 0.15) is 43.8 Å². The Hall–Kier alpha value is -0.720. The smallest absolute Gasteiger partial charge is 0.388 e. The minimum absolute atomic E-state index is 0.137. The van der Waals surface area contributed by atoms with Crippen LogP contribution in [0.25, 0.3) is 0 Å². The molecule has 1 fully saturated rings. The first-order valence-electron chi connectivity index (χ1n) is 7.09. The van der Waals surface area contributed by atoms with Gasteiger partial charge in [-0.3, -0.25) is 0 Å². The van der Waals surface area contributed by atoms with Crippen LogP contribution < -0.4 is 0 Å². The predicted octanol–water partition coefficient (Wildman–Crippen LogP) is 4.68. The molecule has 2 unspecified atom stereocenters. The lowest BCUT2D eigenvalue weighted by atomic mass is 10.0. The summed E-state index contributed by atoms with van der Waals surface area (Å²) in [4.78, 5) is 0.137. The van der Waals surface area contributed by atoms with E-state index < -0.39 is 11.6 Å².